The molecule has 0 bridgehead atoms. The van der Waals surface area contributed by atoms with E-state index in [0.29, 0.717) is 3.57 Å². The summed E-state index contributed by atoms with van der Waals surface area (Å²) in [5.74, 6) is -0.118. The fourth-order valence-corrected chi connectivity index (χ4v) is 2.50. The van der Waals surface area contributed by atoms with Crippen molar-refractivity contribution in [3.8, 4) is 0 Å². The Morgan fingerprint density at radius 1 is 1.41 bits per heavy atom. The predicted molar refractivity (Wildman–Crippen MR) is 73.0 cm³/mol. The van der Waals surface area contributed by atoms with Crippen molar-refractivity contribution >= 4 is 32.4 Å². The standard InChI is InChI=1S/C9H13IN2O4S/c1-6(2)17(15,16)4-3-12-5-7(10)8(13)11-9(12)14/h5-6H,3-4H2,1-2H3,(H,11,13,14). The molecule has 0 aliphatic carbocycles. The maximum Gasteiger partial charge on any atom is 0.328 e. The Morgan fingerprint density at radius 2 is 2.00 bits per heavy atom. The minimum atomic E-state index is -3.19. The Balaban J connectivity index is 2.96. The van der Waals surface area contributed by atoms with E-state index in [1.54, 1.807) is 36.4 Å². The largest absolute Gasteiger partial charge is 0.328 e. The van der Waals surface area contributed by atoms with Crippen LogP contribution in [0.1, 0.15) is 13.8 Å². The summed E-state index contributed by atoms with van der Waals surface area (Å²) >= 11 is 1.79. The zero-order chi connectivity index (χ0) is 13.2. The summed E-state index contributed by atoms with van der Waals surface area (Å²) in [5, 5.41) is -0.472. The molecular formula is C9H13IN2O4S. The first kappa shape index (κ1) is 14.4. The first-order valence-electron chi connectivity index (χ1n) is 4.95. The number of halogens is 1. The van der Waals surface area contributed by atoms with Gasteiger partial charge >= 0.3 is 5.69 Å². The van der Waals surface area contributed by atoms with Gasteiger partial charge in [0.15, 0.2) is 9.84 Å². The van der Waals surface area contributed by atoms with Gasteiger partial charge in [-0.3, -0.25) is 14.3 Å². The summed E-state index contributed by atoms with van der Waals surface area (Å²) in [7, 11) is -3.19. The van der Waals surface area contributed by atoms with E-state index in [4.69, 9.17) is 0 Å². The first-order valence-corrected chi connectivity index (χ1v) is 7.74. The van der Waals surface area contributed by atoms with Crippen molar-refractivity contribution in [1.82, 2.24) is 9.55 Å². The number of aromatic amines is 1. The van der Waals surface area contributed by atoms with E-state index in [1.807, 2.05) is 0 Å². The van der Waals surface area contributed by atoms with Crippen LogP contribution in [0.15, 0.2) is 15.8 Å². The lowest BCUT2D eigenvalue weighted by atomic mass is 10.6. The highest BCUT2D eigenvalue weighted by atomic mass is 127. The average molecular weight is 372 g/mol. The quantitative estimate of drug-likeness (QED) is 0.752. The van der Waals surface area contributed by atoms with E-state index < -0.39 is 26.3 Å². The molecule has 0 amide bonds. The summed E-state index contributed by atoms with van der Waals surface area (Å²) in [4.78, 5) is 24.6. The van der Waals surface area contributed by atoms with Crippen LogP contribution < -0.4 is 11.2 Å². The maximum absolute atomic E-state index is 11.6. The van der Waals surface area contributed by atoms with E-state index in [1.165, 1.54) is 10.8 Å². The van der Waals surface area contributed by atoms with Gasteiger partial charge in [-0.15, -0.1) is 0 Å². The van der Waals surface area contributed by atoms with Crippen LogP contribution in [-0.2, 0) is 16.4 Å². The lowest BCUT2D eigenvalue weighted by Gasteiger charge is -2.09. The molecule has 96 valence electrons. The van der Waals surface area contributed by atoms with Crippen LogP contribution in [0.4, 0.5) is 0 Å². The van der Waals surface area contributed by atoms with Crippen LogP contribution in [0.25, 0.3) is 0 Å². The molecule has 0 unspecified atom stereocenters. The van der Waals surface area contributed by atoms with Crippen molar-refractivity contribution in [2.75, 3.05) is 5.75 Å². The summed E-state index contributed by atoms with van der Waals surface area (Å²) in [6.07, 6.45) is 1.36. The van der Waals surface area contributed by atoms with Crippen molar-refractivity contribution in [3.63, 3.8) is 0 Å². The van der Waals surface area contributed by atoms with Crippen LogP contribution in [0, 0.1) is 3.57 Å². The van der Waals surface area contributed by atoms with Gasteiger partial charge in [0.2, 0.25) is 0 Å². The molecule has 1 aromatic heterocycles. The minimum absolute atomic E-state index is 0.0477. The molecule has 8 heteroatoms. The topological polar surface area (TPSA) is 89.0 Å². The highest BCUT2D eigenvalue weighted by Crippen LogP contribution is 2.01. The van der Waals surface area contributed by atoms with Crippen LogP contribution in [0.2, 0.25) is 0 Å². The molecule has 1 heterocycles. The summed E-state index contributed by atoms with van der Waals surface area (Å²) in [6, 6.07) is 0. The third-order valence-corrected chi connectivity index (χ3v) is 5.26. The van der Waals surface area contributed by atoms with Crippen molar-refractivity contribution in [2.45, 2.75) is 25.6 Å². The van der Waals surface area contributed by atoms with Crippen molar-refractivity contribution in [3.05, 3.63) is 30.6 Å². The van der Waals surface area contributed by atoms with E-state index in [2.05, 4.69) is 4.98 Å². The Kier molecular flexibility index (Phi) is 4.53. The summed E-state index contributed by atoms with van der Waals surface area (Å²) < 4.78 is 24.7. The summed E-state index contributed by atoms with van der Waals surface area (Å²) in [5.41, 5.74) is -1.05. The third-order valence-electron chi connectivity index (χ3n) is 2.30. The molecule has 17 heavy (non-hydrogen) atoms. The van der Waals surface area contributed by atoms with E-state index in [9.17, 15) is 18.0 Å². The molecule has 1 aromatic rings. The zero-order valence-corrected chi connectivity index (χ0v) is 12.4. The van der Waals surface area contributed by atoms with E-state index >= 15 is 0 Å². The maximum atomic E-state index is 11.6. The van der Waals surface area contributed by atoms with Crippen LogP contribution >= 0.6 is 22.6 Å². The second-order valence-electron chi connectivity index (χ2n) is 3.85. The van der Waals surface area contributed by atoms with E-state index in [0.717, 1.165) is 0 Å². The zero-order valence-electron chi connectivity index (χ0n) is 9.44. The molecule has 0 aliphatic heterocycles. The van der Waals surface area contributed by atoms with Gasteiger partial charge in [-0.1, -0.05) is 0 Å². The Bertz CT molecular complexity index is 615. The number of rotatable bonds is 4. The lowest BCUT2D eigenvalue weighted by Crippen LogP contribution is -2.33. The van der Waals surface area contributed by atoms with Crippen molar-refractivity contribution in [2.24, 2.45) is 0 Å². The fraction of sp³-hybridized carbons (Fsp3) is 0.556. The van der Waals surface area contributed by atoms with Crippen molar-refractivity contribution < 1.29 is 8.42 Å². The fourth-order valence-electron chi connectivity index (χ4n) is 1.11. The van der Waals surface area contributed by atoms with Gasteiger partial charge in [0.25, 0.3) is 5.56 Å². The monoisotopic (exact) mass is 372 g/mol. The predicted octanol–water partition coefficient (Wildman–Crippen LogP) is -0.0356. The molecule has 0 aliphatic rings. The molecule has 0 aromatic carbocycles. The third kappa shape index (κ3) is 3.66. The molecule has 0 atom stereocenters. The molecule has 1 rings (SSSR count). The smallest absolute Gasteiger partial charge is 0.299 e. The van der Waals surface area contributed by atoms with E-state index in [-0.39, 0.29) is 12.3 Å². The number of sulfone groups is 1. The molecule has 0 saturated heterocycles. The van der Waals surface area contributed by atoms with Gasteiger partial charge in [-0.05, 0) is 36.4 Å². The number of aryl methyl sites for hydroxylation is 1. The highest BCUT2D eigenvalue weighted by molar-refractivity contribution is 14.1. The van der Waals surface area contributed by atoms with Crippen LogP contribution in [0.3, 0.4) is 0 Å². The molecule has 0 spiro atoms. The van der Waals surface area contributed by atoms with Crippen LogP contribution in [0.5, 0.6) is 0 Å². The molecule has 0 radical (unpaired) electrons. The second kappa shape index (κ2) is 5.34. The highest BCUT2D eigenvalue weighted by Gasteiger charge is 2.16. The van der Waals surface area contributed by atoms with Gasteiger partial charge in [0, 0.05) is 12.7 Å². The Labute approximate surface area is 112 Å². The number of H-pyrrole nitrogens is 1. The summed E-state index contributed by atoms with van der Waals surface area (Å²) in [6.45, 7) is 3.23. The van der Waals surface area contributed by atoms with Gasteiger partial charge in [0.1, 0.15) is 0 Å². The number of aromatic nitrogens is 2. The van der Waals surface area contributed by atoms with Gasteiger partial charge in [0.05, 0.1) is 14.6 Å². The average Bonchev–Trinajstić information content (AvgIpc) is 2.21. The normalized spacial score (nSPS) is 12.0. The first-order chi connectivity index (χ1) is 7.74. The number of hydrogen-bond donors (Lipinski definition) is 1. The lowest BCUT2D eigenvalue weighted by molar-refractivity contribution is 0.576. The van der Waals surface area contributed by atoms with Gasteiger partial charge in [-0.2, -0.15) is 0 Å². The molecule has 0 saturated carbocycles. The number of nitrogens with one attached hydrogen (secondary N) is 1. The van der Waals surface area contributed by atoms with Gasteiger partial charge in [-0.25, -0.2) is 13.2 Å². The minimum Gasteiger partial charge on any atom is -0.299 e. The number of nitrogens with zero attached hydrogens (tertiary/aromatic N) is 1. The second-order valence-corrected chi connectivity index (χ2v) is 7.68. The van der Waals surface area contributed by atoms with Crippen molar-refractivity contribution in [1.29, 1.82) is 0 Å². The Morgan fingerprint density at radius 3 is 2.53 bits per heavy atom. The SMILES string of the molecule is CC(C)S(=O)(=O)CCn1cc(I)c(=O)[nH]c1=O. The molecular weight excluding hydrogens is 359 g/mol. The molecule has 0 fully saturated rings. The van der Waals surface area contributed by atoms with Crippen LogP contribution in [-0.4, -0.2) is 29.0 Å². The van der Waals surface area contributed by atoms with Gasteiger partial charge < -0.3 is 0 Å². The Hall–Kier alpha value is -0.640. The molecule has 6 nitrogen and oxygen atoms in total. The molecule has 1 N–H and O–H groups in total. The number of hydrogen-bond acceptors (Lipinski definition) is 4.